The number of alkyl halides is 1. The highest BCUT2D eigenvalue weighted by atomic mass is 127. The zero-order valence-electron chi connectivity index (χ0n) is 8.82. The summed E-state index contributed by atoms with van der Waals surface area (Å²) in [6.45, 7) is 2.41. The van der Waals surface area contributed by atoms with Crippen molar-refractivity contribution in [2.24, 2.45) is 0 Å². The van der Waals surface area contributed by atoms with E-state index in [1.807, 2.05) is 22.6 Å². The maximum atomic E-state index is 11.1. The summed E-state index contributed by atoms with van der Waals surface area (Å²) >= 11 is 1.95. The third kappa shape index (κ3) is 7.07. The third-order valence-electron chi connectivity index (χ3n) is 1.81. The lowest BCUT2D eigenvalue weighted by Crippen LogP contribution is -2.32. The molecule has 5 nitrogen and oxygen atoms in total. The van der Waals surface area contributed by atoms with Crippen molar-refractivity contribution in [2.75, 3.05) is 31.7 Å². The van der Waals surface area contributed by atoms with Gasteiger partial charge in [0, 0.05) is 18.8 Å². The van der Waals surface area contributed by atoms with Gasteiger partial charge in [-0.1, -0.05) is 29.5 Å². The van der Waals surface area contributed by atoms with Crippen molar-refractivity contribution < 1.29 is 17.9 Å². The predicted molar refractivity (Wildman–Crippen MR) is 67.0 cm³/mol. The van der Waals surface area contributed by atoms with Crippen LogP contribution in [0.2, 0.25) is 0 Å². The topological polar surface area (TPSA) is 72.5 Å². The highest BCUT2D eigenvalue weighted by Gasteiger charge is 2.14. The van der Waals surface area contributed by atoms with E-state index in [0.717, 1.165) is 0 Å². The largest absolute Gasteiger partial charge is 0.468 e. The number of esters is 1. The molecule has 0 spiro atoms. The third-order valence-corrected chi connectivity index (χ3v) is 4.46. The highest BCUT2D eigenvalue weighted by Crippen LogP contribution is 2.00. The van der Waals surface area contributed by atoms with Crippen LogP contribution in [-0.4, -0.2) is 50.0 Å². The molecule has 1 atom stereocenters. The molecule has 0 bridgehead atoms. The van der Waals surface area contributed by atoms with Crippen molar-refractivity contribution in [1.29, 1.82) is 0 Å². The Kier molecular flexibility index (Phi) is 7.45. The molecular formula is C8H16INO4S. The lowest BCUT2D eigenvalue weighted by molar-refractivity contribution is -0.139. The minimum atomic E-state index is -2.92. The molecule has 15 heavy (non-hydrogen) atoms. The fourth-order valence-electron chi connectivity index (χ4n) is 0.812. The molecule has 0 aliphatic heterocycles. The minimum Gasteiger partial charge on any atom is -0.468 e. The van der Waals surface area contributed by atoms with Crippen LogP contribution in [0.1, 0.15) is 6.92 Å². The standard InChI is InChI=1S/C8H16INO4S/c1-3-15(12,13)5-4-10-6-7(9)8(11)14-2/h7,10H,3-6H2,1-2H3. The fraction of sp³-hybridized carbons (Fsp3) is 0.875. The average Bonchev–Trinajstić information content (AvgIpc) is 2.22. The summed E-state index contributed by atoms with van der Waals surface area (Å²) < 4.78 is 26.4. The first-order valence-electron chi connectivity index (χ1n) is 4.56. The molecule has 0 aromatic rings. The summed E-state index contributed by atoms with van der Waals surface area (Å²) in [4.78, 5) is 11.0. The van der Waals surface area contributed by atoms with E-state index in [2.05, 4.69) is 10.1 Å². The Morgan fingerprint density at radius 2 is 2.13 bits per heavy atom. The van der Waals surface area contributed by atoms with E-state index in [1.165, 1.54) is 7.11 Å². The number of halogens is 1. The van der Waals surface area contributed by atoms with Gasteiger partial charge in [-0.15, -0.1) is 0 Å². The first-order chi connectivity index (χ1) is 6.93. The molecule has 0 saturated heterocycles. The van der Waals surface area contributed by atoms with Crippen LogP contribution >= 0.6 is 22.6 Å². The summed E-state index contributed by atoms with van der Waals surface area (Å²) in [5, 5.41) is 2.90. The molecule has 0 rings (SSSR count). The van der Waals surface area contributed by atoms with Crippen LogP contribution in [0.5, 0.6) is 0 Å². The molecule has 0 amide bonds. The van der Waals surface area contributed by atoms with Gasteiger partial charge in [0.1, 0.15) is 3.92 Å². The van der Waals surface area contributed by atoms with Gasteiger partial charge in [0.05, 0.1) is 12.9 Å². The van der Waals surface area contributed by atoms with Crippen molar-refractivity contribution in [1.82, 2.24) is 5.32 Å². The normalized spacial score (nSPS) is 13.5. The van der Waals surface area contributed by atoms with E-state index >= 15 is 0 Å². The van der Waals surface area contributed by atoms with Crippen molar-refractivity contribution in [3.8, 4) is 0 Å². The Morgan fingerprint density at radius 3 is 2.60 bits per heavy atom. The van der Waals surface area contributed by atoms with Crippen LogP contribution in [0.4, 0.5) is 0 Å². The first kappa shape index (κ1) is 15.1. The minimum absolute atomic E-state index is 0.105. The summed E-state index contributed by atoms with van der Waals surface area (Å²) in [6.07, 6.45) is 0. The van der Waals surface area contributed by atoms with Gasteiger partial charge in [0.25, 0.3) is 0 Å². The van der Waals surface area contributed by atoms with E-state index in [0.29, 0.717) is 13.1 Å². The average molecular weight is 349 g/mol. The zero-order chi connectivity index (χ0) is 11.9. The SMILES string of the molecule is CCS(=O)(=O)CCNCC(I)C(=O)OC. The van der Waals surface area contributed by atoms with E-state index in [1.54, 1.807) is 6.92 Å². The van der Waals surface area contributed by atoms with Crippen LogP contribution < -0.4 is 5.32 Å². The number of ether oxygens (including phenoxy) is 1. The lowest BCUT2D eigenvalue weighted by Gasteiger charge is -2.08. The van der Waals surface area contributed by atoms with Gasteiger partial charge in [-0.2, -0.15) is 0 Å². The molecule has 0 saturated carbocycles. The van der Waals surface area contributed by atoms with Crippen LogP contribution in [0, 0.1) is 0 Å². The summed E-state index contributed by atoms with van der Waals surface area (Å²) in [7, 11) is -1.60. The molecule has 0 aromatic carbocycles. The Morgan fingerprint density at radius 1 is 1.53 bits per heavy atom. The number of carbonyl (C=O) groups excluding carboxylic acids is 1. The van der Waals surface area contributed by atoms with E-state index in [4.69, 9.17) is 0 Å². The zero-order valence-corrected chi connectivity index (χ0v) is 11.8. The molecule has 0 heterocycles. The Labute approximate surface area is 104 Å². The number of rotatable bonds is 7. The molecule has 0 fully saturated rings. The van der Waals surface area contributed by atoms with Crippen molar-refractivity contribution in [3.05, 3.63) is 0 Å². The van der Waals surface area contributed by atoms with Crippen LogP contribution in [0.25, 0.3) is 0 Å². The highest BCUT2D eigenvalue weighted by molar-refractivity contribution is 14.1. The van der Waals surface area contributed by atoms with Gasteiger partial charge in [-0.05, 0) is 0 Å². The van der Waals surface area contributed by atoms with Crippen LogP contribution in [-0.2, 0) is 19.4 Å². The maximum Gasteiger partial charge on any atom is 0.319 e. The molecule has 0 aliphatic rings. The first-order valence-corrected chi connectivity index (χ1v) is 7.62. The number of sulfone groups is 1. The Hall–Kier alpha value is 0.110. The molecule has 90 valence electrons. The molecule has 0 aliphatic carbocycles. The molecule has 1 unspecified atom stereocenters. The molecule has 0 radical (unpaired) electrons. The second kappa shape index (κ2) is 7.39. The second-order valence-electron chi connectivity index (χ2n) is 2.93. The fourth-order valence-corrected chi connectivity index (χ4v) is 2.12. The Bertz CT molecular complexity index is 291. The summed E-state index contributed by atoms with van der Waals surface area (Å²) in [5.41, 5.74) is 0. The summed E-state index contributed by atoms with van der Waals surface area (Å²) in [5.74, 6) is -0.0469. The number of hydrogen-bond donors (Lipinski definition) is 1. The Balaban J connectivity index is 3.68. The number of hydrogen-bond acceptors (Lipinski definition) is 5. The van der Waals surface area contributed by atoms with Gasteiger partial charge in [-0.25, -0.2) is 8.42 Å². The quantitative estimate of drug-likeness (QED) is 0.303. The summed E-state index contributed by atoms with van der Waals surface area (Å²) in [6, 6.07) is 0. The second-order valence-corrected chi connectivity index (χ2v) is 6.91. The van der Waals surface area contributed by atoms with Gasteiger partial charge in [-0.3, -0.25) is 4.79 Å². The monoisotopic (exact) mass is 349 g/mol. The van der Waals surface area contributed by atoms with Gasteiger partial charge in [0.2, 0.25) is 0 Å². The number of nitrogens with one attached hydrogen (secondary N) is 1. The van der Waals surface area contributed by atoms with E-state index in [9.17, 15) is 13.2 Å². The van der Waals surface area contributed by atoms with Gasteiger partial charge >= 0.3 is 5.97 Å². The molecular weight excluding hydrogens is 333 g/mol. The van der Waals surface area contributed by atoms with Crippen LogP contribution in [0.3, 0.4) is 0 Å². The molecule has 1 N–H and O–H groups in total. The lowest BCUT2D eigenvalue weighted by atomic mass is 10.4. The van der Waals surface area contributed by atoms with Crippen molar-refractivity contribution in [3.63, 3.8) is 0 Å². The van der Waals surface area contributed by atoms with Crippen molar-refractivity contribution >= 4 is 38.4 Å². The van der Waals surface area contributed by atoms with Crippen LogP contribution in [0.15, 0.2) is 0 Å². The molecule has 0 aromatic heterocycles. The smallest absolute Gasteiger partial charge is 0.319 e. The van der Waals surface area contributed by atoms with Gasteiger partial charge in [0.15, 0.2) is 9.84 Å². The van der Waals surface area contributed by atoms with Gasteiger partial charge < -0.3 is 10.1 Å². The van der Waals surface area contributed by atoms with E-state index < -0.39 is 9.84 Å². The number of methoxy groups -OCH3 is 1. The molecule has 7 heteroatoms. The van der Waals surface area contributed by atoms with Crippen molar-refractivity contribution in [2.45, 2.75) is 10.8 Å². The van der Waals surface area contributed by atoms with E-state index in [-0.39, 0.29) is 21.4 Å². The predicted octanol–water partition coefficient (Wildman–Crippen LogP) is -0.0127. The maximum absolute atomic E-state index is 11.1. The number of carbonyl (C=O) groups is 1.